The van der Waals surface area contributed by atoms with Crippen molar-refractivity contribution in [1.29, 1.82) is 0 Å². The normalized spacial score (nSPS) is 10.7. The molecule has 0 aliphatic rings. The van der Waals surface area contributed by atoms with Gasteiger partial charge in [0.1, 0.15) is 11.5 Å². The number of anilines is 1. The lowest BCUT2D eigenvalue weighted by Gasteiger charge is -2.11. The van der Waals surface area contributed by atoms with Crippen molar-refractivity contribution in [2.24, 2.45) is 0 Å². The van der Waals surface area contributed by atoms with Crippen molar-refractivity contribution in [2.45, 2.75) is 26.9 Å². The number of halogens is 2. The average molecular weight is 395 g/mol. The minimum absolute atomic E-state index is 0.0484. The zero-order chi connectivity index (χ0) is 19.6. The molecule has 2 aromatic rings. The maximum atomic E-state index is 12.4. The van der Waals surface area contributed by atoms with Gasteiger partial charge in [0.2, 0.25) is 5.91 Å². The van der Waals surface area contributed by atoms with Crippen molar-refractivity contribution in [3.8, 4) is 11.5 Å². The number of carbonyl (C=O) groups is 1. The van der Waals surface area contributed by atoms with Crippen molar-refractivity contribution < 1.29 is 23.0 Å². The van der Waals surface area contributed by atoms with Gasteiger partial charge in [-0.1, -0.05) is 18.2 Å². The van der Waals surface area contributed by atoms with Crippen LogP contribution in [0.4, 0.5) is 14.5 Å². The highest BCUT2D eigenvalue weighted by molar-refractivity contribution is 7.99. The van der Waals surface area contributed by atoms with E-state index < -0.39 is 6.61 Å². The number of thioether (sulfide) groups is 1. The maximum Gasteiger partial charge on any atom is 0.387 e. The van der Waals surface area contributed by atoms with Crippen molar-refractivity contribution >= 4 is 23.4 Å². The van der Waals surface area contributed by atoms with Crippen LogP contribution >= 0.6 is 11.8 Å². The van der Waals surface area contributed by atoms with Crippen molar-refractivity contribution in [2.75, 3.05) is 23.4 Å². The molecule has 146 valence electrons. The van der Waals surface area contributed by atoms with Crippen LogP contribution in [0.3, 0.4) is 0 Å². The summed E-state index contributed by atoms with van der Waals surface area (Å²) in [5, 5.41) is 2.60. The third-order valence-electron chi connectivity index (χ3n) is 3.51. The molecule has 0 spiro atoms. The standard InChI is InChI=1S/C20H23F2NO3S/c1-14-10-15(2)12-16(11-14)25-8-5-9-27-13-19(24)23-17-6-3-4-7-18(17)26-20(21)22/h3-4,6-7,10-12,20H,5,8-9,13H2,1-2H3,(H,23,24). The summed E-state index contributed by atoms with van der Waals surface area (Å²) in [7, 11) is 0. The van der Waals surface area contributed by atoms with Crippen LogP contribution in [-0.2, 0) is 4.79 Å². The van der Waals surface area contributed by atoms with E-state index >= 15 is 0 Å². The molecule has 1 N–H and O–H groups in total. The smallest absolute Gasteiger partial charge is 0.387 e. The highest BCUT2D eigenvalue weighted by atomic mass is 32.2. The first-order valence-corrected chi connectivity index (χ1v) is 9.72. The Balaban J connectivity index is 1.66. The van der Waals surface area contributed by atoms with Crippen LogP contribution in [0.2, 0.25) is 0 Å². The lowest BCUT2D eigenvalue weighted by atomic mass is 10.1. The number of rotatable bonds is 10. The molecule has 0 bridgehead atoms. The number of amides is 1. The van der Waals surface area contributed by atoms with Gasteiger partial charge >= 0.3 is 6.61 Å². The summed E-state index contributed by atoms with van der Waals surface area (Å²) < 4.78 is 34.9. The van der Waals surface area contributed by atoms with Gasteiger partial charge in [-0.25, -0.2) is 0 Å². The van der Waals surface area contributed by atoms with E-state index in [0.717, 1.165) is 29.1 Å². The quantitative estimate of drug-likeness (QED) is 0.572. The number of para-hydroxylation sites is 2. The molecular formula is C20H23F2NO3S. The number of hydrogen-bond donors (Lipinski definition) is 1. The summed E-state index contributed by atoms with van der Waals surface area (Å²) in [6, 6.07) is 12.2. The Morgan fingerprint density at radius 3 is 2.56 bits per heavy atom. The second-order valence-corrected chi connectivity index (χ2v) is 7.11. The fourth-order valence-electron chi connectivity index (χ4n) is 2.49. The number of nitrogens with one attached hydrogen (secondary N) is 1. The molecule has 0 saturated heterocycles. The van der Waals surface area contributed by atoms with E-state index in [2.05, 4.69) is 16.1 Å². The topological polar surface area (TPSA) is 47.6 Å². The summed E-state index contributed by atoms with van der Waals surface area (Å²) >= 11 is 1.46. The summed E-state index contributed by atoms with van der Waals surface area (Å²) in [6.45, 7) is 1.69. The SMILES string of the molecule is Cc1cc(C)cc(OCCCSCC(=O)Nc2ccccc2OC(F)F)c1. The van der Waals surface area contributed by atoms with Gasteiger partial charge in [-0.15, -0.1) is 0 Å². The van der Waals surface area contributed by atoms with Crippen LogP contribution in [0.25, 0.3) is 0 Å². The second-order valence-electron chi connectivity index (χ2n) is 6.00. The molecular weight excluding hydrogens is 372 g/mol. The van der Waals surface area contributed by atoms with E-state index in [0.29, 0.717) is 6.61 Å². The molecule has 0 atom stereocenters. The van der Waals surface area contributed by atoms with Crippen molar-refractivity contribution in [1.82, 2.24) is 0 Å². The Bertz CT molecular complexity index is 736. The third kappa shape index (κ3) is 7.86. The van der Waals surface area contributed by atoms with Crippen LogP contribution < -0.4 is 14.8 Å². The predicted molar refractivity (Wildman–Crippen MR) is 105 cm³/mol. The molecule has 2 aromatic carbocycles. The molecule has 0 saturated carbocycles. The van der Waals surface area contributed by atoms with Gasteiger partial charge < -0.3 is 14.8 Å². The first-order valence-electron chi connectivity index (χ1n) is 8.56. The van der Waals surface area contributed by atoms with E-state index in [1.165, 1.54) is 23.9 Å². The Morgan fingerprint density at radius 1 is 1.15 bits per heavy atom. The summed E-state index contributed by atoms with van der Waals surface area (Å²) in [4.78, 5) is 12.0. The van der Waals surface area contributed by atoms with Crippen LogP contribution in [0.5, 0.6) is 11.5 Å². The van der Waals surface area contributed by atoms with E-state index in [1.807, 2.05) is 26.0 Å². The van der Waals surface area contributed by atoms with Crippen LogP contribution in [-0.4, -0.2) is 30.6 Å². The largest absolute Gasteiger partial charge is 0.494 e. The summed E-state index contributed by atoms with van der Waals surface area (Å²) in [5.41, 5.74) is 2.56. The molecule has 4 nitrogen and oxygen atoms in total. The van der Waals surface area contributed by atoms with Crippen LogP contribution in [0, 0.1) is 13.8 Å². The Kier molecular flexibility index (Phi) is 8.39. The minimum atomic E-state index is -2.94. The van der Waals surface area contributed by atoms with E-state index in [9.17, 15) is 13.6 Å². The molecule has 0 unspecified atom stereocenters. The third-order valence-corrected chi connectivity index (χ3v) is 4.55. The van der Waals surface area contributed by atoms with Gasteiger partial charge in [0.25, 0.3) is 0 Å². The van der Waals surface area contributed by atoms with Crippen LogP contribution in [0.15, 0.2) is 42.5 Å². The number of hydrogen-bond acceptors (Lipinski definition) is 4. The molecule has 27 heavy (non-hydrogen) atoms. The van der Waals surface area contributed by atoms with E-state index in [-0.39, 0.29) is 23.1 Å². The zero-order valence-corrected chi connectivity index (χ0v) is 16.2. The first kappa shape index (κ1) is 21.0. The lowest BCUT2D eigenvalue weighted by Crippen LogP contribution is -2.16. The number of ether oxygens (including phenoxy) is 2. The molecule has 0 aliphatic heterocycles. The molecule has 1 amide bonds. The maximum absolute atomic E-state index is 12.4. The molecule has 7 heteroatoms. The van der Waals surface area contributed by atoms with Crippen molar-refractivity contribution in [3.63, 3.8) is 0 Å². The monoisotopic (exact) mass is 395 g/mol. The van der Waals surface area contributed by atoms with Gasteiger partial charge in [0, 0.05) is 0 Å². The minimum Gasteiger partial charge on any atom is -0.494 e. The second kappa shape index (κ2) is 10.8. The molecule has 0 fully saturated rings. The first-order chi connectivity index (χ1) is 12.9. The van der Waals surface area contributed by atoms with Gasteiger partial charge in [-0.3, -0.25) is 4.79 Å². The fourth-order valence-corrected chi connectivity index (χ4v) is 3.21. The Labute approximate surface area is 162 Å². The summed E-state index contributed by atoms with van der Waals surface area (Å²) in [6.07, 6.45) is 0.802. The number of aryl methyl sites for hydroxylation is 2. The predicted octanol–water partition coefficient (Wildman–Crippen LogP) is 5.05. The Hall–Kier alpha value is -2.28. The highest BCUT2D eigenvalue weighted by Gasteiger charge is 2.11. The van der Waals surface area contributed by atoms with Gasteiger partial charge in [0.05, 0.1) is 18.0 Å². The van der Waals surface area contributed by atoms with Gasteiger partial charge in [-0.2, -0.15) is 20.5 Å². The zero-order valence-electron chi connectivity index (χ0n) is 15.3. The molecule has 0 radical (unpaired) electrons. The van der Waals surface area contributed by atoms with E-state index in [4.69, 9.17) is 4.74 Å². The van der Waals surface area contributed by atoms with E-state index in [1.54, 1.807) is 12.1 Å². The highest BCUT2D eigenvalue weighted by Crippen LogP contribution is 2.25. The fraction of sp³-hybridized carbons (Fsp3) is 0.350. The van der Waals surface area contributed by atoms with Gasteiger partial charge in [0.15, 0.2) is 0 Å². The summed E-state index contributed by atoms with van der Waals surface area (Å²) in [5.74, 6) is 1.53. The number of alkyl halides is 2. The average Bonchev–Trinajstić information content (AvgIpc) is 2.58. The lowest BCUT2D eigenvalue weighted by molar-refractivity contribution is -0.113. The van der Waals surface area contributed by atoms with Crippen LogP contribution in [0.1, 0.15) is 17.5 Å². The number of benzene rings is 2. The molecule has 0 aliphatic carbocycles. The Morgan fingerprint density at radius 2 is 1.85 bits per heavy atom. The molecule has 0 aromatic heterocycles. The van der Waals surface area contributed by atoms with Crippen molar-refractivity contribution in [3.05, 3.63) is 53.6 Å². The number of carbonyl (C=O) groups excluding carboxylic acids is 1. The molecule has 0 heterocycles. The van der Waals surface area contributed by atoms with Gasteiger partial charge in [-0.05, 0) is 61.4 Å². The molecule has 2 rings (SSSR count).